The van der Waals surface area contributed by atoms with Crippen LogP contribution in [0.2, 0.25) is 0 Å². The highest BCUT2D eigenvalue weighted by Crippen LogP contribution is 2.35. The Bertz CT molecular complexity index is 3140. The molecule has 0 aliphatic carbocycles. The van der Waals surface area contributed by atoms with E-state index in [4.69, 9.17) is 9.97 Å². The van der Waals surface area contributed by atoms with Crippen molar-refractivity contribution in [2.75, 3.05) is 0 Å². The molecule has 0 fully saturated rings. The Morgan fingerprint density at radius 2 is 0.828 bits per heavy atom. The van der Waals surface area contributed by atoms with E-state index in [1.165, 1.54) is 47.9 Å². The van der Waals surface area contributed by atoms with Gasteiger partial charge in [0.1, 0.15) is 5.82 Å². The maximum atomic E-state index is 5.53. The third-order valence-corrected chi connectivity index (χ3v) is 16.5. The zero-order valence-corrected chi connectivity index (χ0v) is 33.0. The van der Waals surface area contributed by atoms with Crippen LogP contribution in [0.5, 0.6) is 0 Å². The molecule has 0 N–H and O–H groups in total. The molecule has 0 amide bonds. The van der Waals surface area contributed by atoms with E-state index in [0.29, 0.717) is 5.95 Å². The smallest absolute Gasteiger partial charge is 0.237 e. The van der Waals surface area contributed by atoms with E-state index in [1.54, 1.807) is 0 Å². The highest BCUT2D eigenvalue weighted by Gasteiger charge is 2.41. The van der Waals surface area contributed by atoms with Gasteiger partial charge in [-0.2, -0.15) is 4.98 Å². The van der Waals surface area contributed by atoms with E-state index < -0.39 is 8.07 Å². The number of benzene rings is 8. The van der Waals surface area contributed by atoms with Gasteiger partial charge in [-0.05, 0) is 58.0 Å². The molecule has 0 aliphatic rings. The molecule has 0 unspecified atom stereocenters. The molecule has 0 atom stereocenters. The van der Waals surface area contributed by atoms with Gasteiger partial charge in [0.2, 0.25) is 5.95 Å². The first-order valence-corrected chi connectivity index (χ1v) is 21.8. The van der Waals surface area contributed by atoms with E-state index in [9.17, 15) is 0 Å². The van der Waals surface area contributed by atoms with Crippen molar-refractivity contribution in [3.05, 3.63) is 218 Å². The molecule has 274 valence electrons. The molecule has 0 saturated heterocycles. The molecule has 4 nitrogen and oxygen atoms in total. The van der Waals surface area contributed by atoms with Gasteiger partial charge in [0.05, 0.1) is 27.8 Å². The first kappa shape index (κ1) is 33.9. The number of hydrogen-bond acceptors (Lipinski definition) is 2. The van der Waals surface area contributed by atoms with Gasteiger partial charge in [0.15, 0.2) is 8.07 Å². The third-order valence-electron chi connectivity index (χ3n) is 11.7. The van der Waals surface area contributed by atoms with Crippen molar-refractivity contribution in [2.45, 2.75) is 6.92 Å². The normalized spacial score (nSPS) is 11.9. The Morgan fingerprint density at radius 3 is 1.40 bits per heavy atom. The summed E-state index contributed by atoms with van der Waals surface area (Å²) in [6.45, 7) is 2.15. The molecule has 58 heavy (non-hydrogen) atoms. The molecule has 5 heteroatoms. The topological polar surface area (TPSA) is 35.6 Å². The minimum atomic E-state index is -2.80. The molecule has 0 aliphatic heterocycles. The van der Waals surface area contributed by atoms with Gasteiger partial charge >= 0.3 is 0 Å². The van der Waals surface area contributed by atoms with Crippen LogP contribution in [0.25, 0.3) is 66.6 Å². The highest BCUT2D eigenvalue weighted by atomic mass is 28.3. The molecule has 0 saturated carbocycles. The zero-order valence-electron chi connectivity index (χ0n) is 32.0. The minimum Gasteiger partial charge on any atom is -0.294 e. The van der Waals surface area contributed by atoms with Gasteiger partial charge < -0.3 is 0 Å². The van der Waals surface area contributed by atoms with E-state index >= 15 is 0 Å². The molecule has 0 bridgehead atoms. The van der Waals surface area contributed by atoms with Gasteiger partial charge in [-0.3, -0.25) is 9.13 Å². The molecule has 0 radical (unpaired) electrons. The molecular weight excluding hydrogens is 721 g/mol. The largest absolute Gasteiger partial charge is 0.294 e. The standard InChI is InChI=1S/C53H38N4Si/c1-37-32-33-51-46(34-37)45-28-13-16-31-50(45)57(51)53-54-47(36-52(55-53)56-48-29-14-11-26-43(48)44-27-12-15-30-49(44)56)38-18-17-25-42(35-38)58(39-19-5-2-6-20-39,40-21-7-3-8-22-40)41-23-9-4-10-24-41/h2-36H,1H3. The van der Waals surface area contributed by atoms with Gasteiger partial charge in [0.25, 0.3) is 0 Å². The molecular formula is C53H38N4Si. The fourth-order valence-electron chi connectivity index (χ4n) is 9.23. The molecule has 11 aromatic rings. The molecule has 8 aromatic carbocycles. The van der Waals surface area contributed by atoms with Gasteiger partial charge in [-0.1, -0.05) is 181 Å². The van der Waals surface area contributed by atoms with Crippen molar-refractivity contribution in [3.63, 3.8) is 0 Å². The molecule has 3 heterocycles. The summed E-state index contributed by atoms with van der Waals surface area (Å²) in [6, 6.07) is 77.1. The first-order valence-electron chi connectivity index (χ1n) is 19.8. The number of nitrogens with zero attached hydrogens (tertiary/aromatic N) is 4. The average Bonchev–Trinajstić information content (AvgIpc) is 3.80. The van der Waals surface area contributed by atoms with Crippen LogP contribution < -0.4 is 20.7 Å². The number of aryl methyl sites for hydroxylation is 1. The first-order chi connectivity index (χ1) is 28.7. The number of hydrogen-bond donors (Lipinski definition) is 0. The number of para-hydroxylation sites is 3. The van der Waals surface area contributed by atoms with Crippen LogP contribution in [0.4, 0.5) is 0 Å². The monoisotopic (exact) mass is 758 g/mol. The van der Waals surface area contributed by atoms with E-state index in [2.05, 4.69) is 228 Å². The number of fused-ring (bicyclic) bond motifs is 6. The lowest BCUT2D eigenvalue weighted by molar-refractivity contribution is 0.952. The summed E-state index contributed by atoms with van der Waals surface area (Å²) in [6.07, 6.45) is 0. The fraction of sp³-hybridized carbons (Fsp3) is 0.0189. The summed E-state index contributed by atoms with van der Waals surface area (Å²) in [5.41, 5.74) is 7.48. The number of aromatic nitrogens is 4. The molecule has 3 aromatic heterocycles. The maximum absolute atomic E-state index is 5.53. The van der Waals surface area contributed by atoms with Crippen molar-refractivity contribution in [2.24, 2.45) is 0 Å². The Morgan fingerprint density at radius 1 is 0.362 bits per heavy atom. The lowest BCUT2D eigenvalue weighted by Gasteiger charge is -2.34. The zero-order chi connectivity index (χ0) is 38.6. The average molecular weight is 759 g/mol. The van der Waals surface area contributed by atoms with Crippen LogP contribution in [0.15, 0.2) is 212 Å². The van der Waals surface area contributed by atoms with Crippen LogP contribution in [-0.4, -0.2) is 27.2 Å². The summed E-state index contributed by atoms with van der Waals surface area (Å²) in [5.74, 6) is 1.45. The van der Waals surface area contributed by atoms with Crippen molar-refractivity contribution in [3.8, 4) is 23.0 Å². The van der Waals surface area contributed by atoms with Gasteiger partial charge in [0, 0.05) is 33.2 Å². The second-order valence-electron chi connectivity index (χ2n) is 15.1. The minimum absolute atomic E-state index is 0.632. The molecule has 0 spiro atoms. The molecule has 11 rings (SSSR count). The lowest BCUT2D eigenvalue weighted by Crippen LogP contribution is -2.74. The predicted octanol–water partition coefficient (Wildman–Crippen LogP) is 10.0. The second-order valence-corrected chi connectivity index (χ2v) is 18.9. The summed E-state index contributed by atoms with van der Waals surface area (Å²) in [4.78, 5) is 11.0. The highest BCUT2D eigenvalue weighted by molar-refractivity contribution is 7.19. The second kappa shape index (κ2) is 13.7. The van der Waals surface area contributed by atoms with Gasteiger partial charge in [-0.15, -0.1) is 0 Å². The fourth-order valence-corrected chi connectivity index (χ4v) is 14.0. The quantitative estimate of drug-likeness (QED) is 0.120. The van der Waals surface area contributed by atoms with Crippen LogP contribution in [0, 0.1) is 6.92 Å². The summed E-state index contributed by atoms with van der Waals surface area (Å²) >= 11 is 0. The Balaban J connectivity index is 1.22. The SMILES string of the molecule is Cc1ccc2c(c1)c1ccccc1n2-c1nc(-c2cccc([Si](c3ccccc3)(c3ccccc3)c3ccccc3)c2)cc(-n2c3ccccc3c3ccccc32)n1. The van der Waals surface area contributed by atoms with Crippen molar-refractivity contribution in [1.29, 1.82) is 0 Å². The van der Waals surface area contributed by atoms with Crippen molar-refractivity contribution >= 4 is 72.4 Å². The van der Waals surface area contributed by atoms with Crippen LogP contribution in [0.3, 0.4) is 0 Å². The maximum Gasteiger partial charge on any atom is 0.237 e. The Hall–Kier alpha value is -7.34. The van der Waals surface area contributed by atoms with Crippen molar-refractivity contribution in [1.82, 2.24) is 19.1 Å². The van der Waals surface area contributed by atoms with E-state index in [1.807, 2.05) is 0 Å². The van der Waals surface area contributed by atoms with E-state index in [0.717, 1.165) is 39.1 Å². The summed E-state index contributed by atoms with van der Waals surface area (Å²) in [7, 11) is -2.80. The van der Waals surface area contributed by atoms with Crippen LogP contribution in [0.1, 0.15) is 5.56 Å². The number of rotatable bonds is 7. The van der Waals surface area contributed by atoms with Crippen molar-refractivity contribution < 1.29 is 0 Å². The van der Waals surface area contributed by atoms with Gasteiger partial charge in [-0.25, -0.2) is 4.98 Å². The lowest BCUT2D eigenvalue weighted by atomic mass is 10.1. The third kappa shape index (κ3) is 5.28. The Labute approximate surface area is 338 Å². The summed E-state index contributed by atoms with van der Waals surface area (Å²) < 4.78 is 4.55. The van der Waals surface area contributed by atoms with Crippen LogP contribution in [-0.2, 0) is 0 Å². The van der Waals surface area contributed by atoms with E-state index in [-0.39, 0.29) is 0 Å². The summed E-state index contributed by atoms with van der Waals surface area (Å²) in [5, 5.41) is 10.0. The predicted molar refractivity (Wildman–Crippen MR) is 244 cm³/mol. The van der Waals surface area contributed by atoms with Crippen LogP contribution >= 0.6 is 0 Å². The Kier molecular flexibility index (Phi) is 8.02.